The van der Waals surface area contributed by atoms with Crippen LogP contribution in [0.3, 0.4) is 0 Å². The number of nitrogens with zero attached hydrogens (tertiary/aromatic N) is 1. The van der Waals surface area contributed by atoms with Crippen LogP contribution < -0.4 is 15.4 Å². The van der Waals surface area contributed by atoms with Crippen LogP contribution in [0.4, 0.5) is 4.39 Å². The smallest absolute Gasteiger partial charge is 0.258 e. The molecule has 0 saturated carbocycles. The second-order valence-corrected chi connectivity index (χ2v) is 10.6. The molecule has 3 N–H and O–H groups in total. The van der Waals surface area contributed by atoms with Gasteiger partial charge in [0.15, 0.2) is 0 Å². The minimum absolute atomic E-state index is 0.289. The lowest BCUT2D eigenvalue weighted by Gasteiger charge is -2.36. The van der Waals surface area contributed by atoms with E-state index in [4.69, 9.17) is 4.74 Å². The monoisotopic (exact) mass is 525 g/mol. The number of nitrogens with one attached hydrogen (secondary N) is 2. The molecule has 206 valence electrons. The molecule has 2 amide bonds. The lowest BCUT2D eigenvalue weighted by atomic mass is 9.94. The molecular weight excluding hydrogens is 485 g/mol. The van der Waals surface area contributed by atoms with Gasteiger partial charge in [-0.15, -0.1) is 0 Å². The van der Waals surface area contributed by atoms with Crippen molar-refractivity contribution in [3.05, 3.63) is 54.1 Å². The first-order valence-corrected chi connectivity index (χ1v) is 13.8. The normalized spacial score (nSPS) is 20.8. The van der Waals surface area contributed by atoms with Crippen LogP contribution >= 0.6 is 0 Å². The second kappa shape index (κ2) is 12.8. The van der Waals surface area contributed by atoms with Crippen molar-refractivity contribution >= 4 is 11.8 Å². The van der Waals surface area contributed by atoms with Gasteiger partial charge in [0.25, 0.3) is 5.91 Å². The van der Waals surface area contributed by atoms with Crippen LogP contribution in [-0.4, -0.2) is 72.4 Å². The predicted octanol–water partition coefficient (Wildman–Crippen LogP) is 3.95. The highest BCUT2D eigenvalue weighted by atomic mass is 19.1. The minimum Gasteiger partial charge on any atom is -0.493 e. The van der Waals surface area contributed by atoms with E-state index in [0.29, 0.717) is 44.0 Å². The number of halogens is 1. The van der Waals surface area contributed by atoms with Crippen molar-refractivity contribution in [3.8, 4) is 16.9 Å². The van der Waals surface area contributed by atoms with E-state index in [0.717, 1.165) is 42.8 Å². The number of hydrogen-bond donors (Lipinski definition) is 3. The number of piperidine rings is 1. The second-order valence-electron chi connectivity index (χ2n) is 10.6. The standard InChI is InChI=1S/C30H40FN3O4/c1-3-30(31,4-2)20-34-15-13-21(14-16-34)19-38-24-11-9-22(10-12-24)25-7-5-6-8-26(25)28(36)33-29(37)27-17-23(35)18-32-27/h5-12,21,23,27,32,35H,3-4,13-20H2,1-2H3,(H,33,36,37)/t23-,27+/m1/s1. The Kier molecular flexibility index (Phi) is 9.52. The van der Waals surface area contributed by atoms with E-state index in [1.165, 1.54) is 0 Å². The summed E-state index contributed by atoms with van der Waals surface area (Å²) in [5, 5.41) is 15.0. The van der Waals surface area contributed by atoms with Gasteiger partial charge < -0.3 is 20.1 Å². The van der Waals surface area contributed by atoms with Crippen LogP contribution in [0.5, 0.6) is 5.75 Å². The number of β-amino-alcohol motifs (C(OH)–C–C–N with tert-alkyl or cyclic N) is 1. The third-order valence-electron chi connectivity index (χ3n) is 7.96. The average molecular weight is 526 g/mol. The Morgan fingerprint density at radius 1 is 1.11 bits per heavy atom. The molecule has 0 bridgehead atoms. The Balaban J connectivity index is 1.30. The van der Waals surface area contributed by atoms with Gasteiger partial charge in [-0.1, -0.05) is 44.2 Å². The van der Waals surface area contributed by atoms with Gasteiger partial charge in [-0.2, -0.15) is 0 Å². The molecule has 2 saturated heterocycles. The molecule has 2 atom stereocenters. The molecule has 38 heavy (non-hydrogen) atoms. The van der Waals surface area contributed by atoms with Gasteiger partial charge in [-0.05, 0) is 80.4 Å². The fourth-order valence-electron chi connectivity index (χ4n) is 5.25. The van der Waals surface area contributed by atoms with Crippen LogP contribution in [0.15, 0.2) is 48.5 Å². The summed E-state index contributed by atoms with van der Waals surface area (Å²) in [6.07, 6.45) is 2.82. The van der Waals surface area contributed by atoms with Crippen molar-refractivity contribution in [2.24, 2.45) is 5.92 Å². The van der Waals surface area contributed by atoms with Crippen molar-refractivity contribution < 1.29 is 23.8 Å². The zero-order chi connectivity index (χ0) is 27.1. The topological polar surface area (TPSA) is 90.9 Å². The lowest BCUT2D eigenvalue weighted by molar-refractivity contribution is -0.121. The Morgan fingerprint density at radius 2 is 1.79 bits per heavy atom. The molecule has 0 aliphatic carbocycles. The van der Waals surface area contributed by atoms with E-state index in [2.05, 4.69) is 15.5 Å². The van der Waals surface area contributed by atoms with E-state index in [-0.39, 0.29) is 6.42 Å². The Labute approximate surface area is 224 Å². The number of aliphatic hydroxyl groups excluding tert-OH is 1. The van der Waals surface area contributed by atoms with Gasteiger partial charge in [-0.25, -0.2) is 4.39 Å². The first kappa shape index (κ1) is 28.2. The Hall–Kier alpha value is -2.81. The highest BCUT2D eigenvalue weighted by Crippen LogP contribution is 2.28. The molecule has 8 heteroatoms. The van der Waals surface area contributed by atoms with E-state index in [1.807, 2.05) is 50.2 Å². The molecule has 2 aromatic carbocycles. The van der Waals surface area contributed by atoms with Crippen LogP contribution in [-0.2, 0) is 4.79 Å². The SMILES string of the molecule is CCC(F)(CC)CN1CCC(COc2ccc(-c3ccccc3C(=O)NC(=O)[C@@H]3C[C@@H](O)CN3)cc2)CC1. The first-order valence-electron chi connectivity index (χ1n) is 13.8. The third kappa shape index (κ3) is 7.18. The van der Waals surface area contributed by atoms with Crippen molar-refractivity contribution in [2.75, 3.05) is 32.8 Å². The van der Waals surface area contributed by atoms with Gasteiger partial charge in [-0.3, -0.25) is 14.9 Å². The summed E-state index contributed by atoms with van der Waals surface area (Å²) in [4.78, 5) is 27.6. The number of amides is 2. The van der Waals surface area contributed by atoms with Crippen molar-refractivity contribution in [1.82, 2.24) is 15.5 Å². The van der Waals surface area contributed by atoms with Gasteiger partial charge in [0.2, 0.25) is 5.91 Å². The average Bonchev–Trinajstić information content (AvgIpc) is 3.39. The number of rotatable bonds is 10. The minimum atomic E-state index is -1.09. The molecule has 2 aliphatic heterocycles. The summed E-state index contributed by atoms with van der Waals surface area (Å²) in [5.41, 5.74) is 0.888. The van der Waals surface area contributed by atoms with Crippen molar-refractivity contribution in [2.45, 2.75) is 63.8 Å². The zero-order valence-corrected chi connectivity index (χ0v) is 22.4. The quantitative estimate of drug-likeness (QED) is 0.407. The van der Waals surface area contributed by atoms with E-state index >= 15 is 0 Å². The molecule has 0 radical (unpaired) electrons. The maximum absolute atomic E-state index is 14.7. The van der Waals surface area contributed by atoms with Crippen LogP contribution in [0, 0.1) is 5.92 Å². The summed E-state index contributed by atoms with van der Waals surface area (Å²) < 4.78 is 20.8. The molecule has 2 fully saturated rings. The number of likely N-dealkylation sites (tertiary alicyclic amines) is 1. The van der Waals surface area contributed by atoms with E-state index in [9.17, 15) is 19.1 Å². The molecule has 2 aliphatic rings. The summed E-state index contributed by atoms with van der Waals surface area (Å²) in [6, 6.07) is 14.2. The number of alkyl halides is 1. The van der Waals surface area contributed by atoms with Gasteiger partial charge in [0.05, 0.1) is 18.8 Å². The number of carbonyl (C=O) groups is 2. The van der Waals surface area contributed by atoms with Gasteiger partial charge in [0, 0.05) is 18.7 Å². The highest BCUT2D eigenvalue weighted by Gasteiger charge is 2.31. The number of ether oxygens (including phenoxy) is 1. The largest absolute Gasteiger partial charge is 0.493 e. The number of aliphatic hydroxyl groups is 1. The third-order valence-corrected chi connectivity index (χ3v) is 7.96. The molecule has 0 unspecified atom stereocenters. The number of hydrogen-bond acceptors (Lipinski definition) is 6. The molecular formula is C30H40FN3O4. The van der Waals surface area contributed by atoms with Crippen molar-refractivity contribution in [1.29, 1.82) is 0 Å². The fraction of sp³-hybridized carbons (Fsp3) is 0.533. The molecule has 0 aromatic heterocycles. The van der Waals surface area contributed by atoms with Crippen LogP contribution in [0.2, 0.25) is 0 Å². The summed E-state index contributed by atoms with van der Waals surface area (Å²) in [6.45, 7) is 7.13. The molecule has 2 aromatic rings. The highest BCUT2D eigenvalue weighted by molar-refractivity contribution is 6.09. The summed E-state index contributed by atoms with van der Waals surface area (Å²) in [7, 11) is 0. The molecule has 7 nitrogen and oxygen atoms in total. The fourth-order valence-corrected chi connectivity index (χ4v) is 5.25. The van der Waals surface area contributed by atoms with Gasteiger partial charge >= 0.3 is 0 Å². The Bertz CT molecular complexity index is 1080. The zero-order valence-electron chi connectivity index (χ0n) is 22.4. The van der Waals surface area contributed by atoms with Crippen LogP contribution in [0.1, 0.15) is 56.3 Å². The van der Waals surface area contributed by atoms with E-state index < -0.39 is 29.6 Å². The number of benzene rings is 2. The first-order chi connectivity index (χ1) is 18.3. The Morgan fingerprint density at radius 3 is 2.42 bits per heavy atom. The summed E-state index contributed by atoms with van der Waals surface area (Å²) in [5.74, 6) is 0.304. The predicted molar refractivity (Wildman–Crippen MR) is 146 cm³/mol. The molecule has 4 rings (SSSR count). The summed E-state index contributed by atoms with van der Waals surface area (Å²) >= 11 is 0. The number of carbonyl (C=O) groups excluding carboxylic acids is 2. The maximum Gasteiger partial charge on any atom is 0.258 e. The van der Waals surface area contributed by atoms with Crippen LogP contribution in [0.25, 0.3) is 11.1 Å². The van der Waals surface area contributed by atoms with Gasteiger partial charge in [0.1, 0.15) is 11.4 Å². The molecule has 2 heterocycles. The van der Waals surface area contributed by atoms with E-state index in [1.54, 1.807) is 12.1 Å². The lowest BCUT2D eigenvalue weighted by Crippen LogP contribution is -2.44. The maximum atomic E-state index is 14.7. The number of imide groups is 1. The molecule has 0 spiro atoms. The van der Waals surface area contributed by atoms with Crippen molar-refractivity contribution in [3.63, 3.8) is 0 Å².